The van der Waals surface area contributed by atoms with Crippen molar-refractivity contribution in [1.82, 2.24) is 0 Å². The highest BCUT2D eigenvalue weighted by Gasteiger charge is 2.31. The minimum Gasteiger partial charge on any atom is -0.393 e. The molecule has 0 aromatic heterocycles. The summed E-state index contributed by atoms with van der Waals surface area (Å²) in [5.74, 6) is -1.60. The van der Waals surface area contributed by atoms with Gasteiger partial charge in [0.05, 0.1) is 5.92 Å². The van der Waals surface area contributed by atoms with Gasteiger partial charge in [-0.25, -0.2) is 0 Å². The van der Waals surface area contributed by atoms with Crippen LogP contribution in [-0.2, 0) is 28.5 Å². The maximum atomic E-state index is 11.6. The molecule has 1 fully saturated rings. The molecule has 6 nitrogen and oxygen atoms in total. The number of carbonyl (C=O) groups is 2. The lowest BCUT2D eigenvalue weighted by atomic mass is 9.94. The Balaban J connectivity index is 1.96. The minimum atomic E-state index is -0.859. The lowest BCUT2D eigenvalue weighted by Gasteiger charge is -2.32. The summed E-state index contributed by atoms with van der Waals surface area (Å²) in [4.78, 5) is 22.6. The summed E-state index contributed by atoms with van der Waals surface area (Å²) in [6.45, 7) is 7.68. The first-order chi connectivity index (χ1) is 14.6. The van der Waals surface area contributed by atoms with E-state index in [0.717, 1.165) is 32.1 Å². The first-order valence-electron chi connectivity index (χ1n) is 12.2. The van der Waals surface area contributed by atoms with Crippen LogP contribution in [0.5, 0.6) is 0 Å². The smallest absolute Gasteiger partial charge is 0.316 e. The maximum Gasteiger partial charge on any atom is 0.316 e. The molecule has 0 spiro atoms. The van der Waals surface area contributed by atoms with E-state index in [1.54, 1.807) is 0 Å². The van der Waals surface area contributed by atoms with Gasteiger partial charge in [-0.3, -0.25) is 9.59 Å². The number of rotatable bonds is 19. The minimum absolute atomic E-state index is 0.0605. The average molecular weight is 429 g/mol. The van der Waals surface area contributed by atoms with Crippen molar-refractivity contribution in [3.63, 3.8) is 0 Å². The monoisotopic (exact) mass is 428 g/mol. The topological polar surface area (TPSA) is 71.1 Å². The second-order valence-corrected chi connectivity index (χ2v) is 8.08. The van der Waals surface area contributed by atoms with Gasteiger partial charge in [0.1, 0.15) is 0 Å². The van der Waals surface area contributed by atoms with Crippen molar-refractivity contribution in [2.24, 2.45) is 5.92 Å². The van der Waals surface area contributed by atoms with Crippen molar-refractivity contribution in [3.05, 3.63) is 0 Å². The van der Waals surface area contributed by atoms with Gasteiger partial charge in [0.25, 0.3) is 5.97 Å². The Bertz CT molecular complexity index is 448. The van der Waals surface area contributed by atoms with Crippen LogP contribution in [0.2, 0.25) is 0 Å². The van der Waals surface area contributed by atoms with Gasteiger partial charge in [-0.1, -0.05) is 57.8 Å². The van der Waals surface area contributed by atoms with Crippen LogP contribution in [0.3, 0.4) is 0 Å². The molecule has 1 heterocycles. The van der Waals surface area contributed by atoms with Gasteiger partial charge in [-0.15, -0.1) is 0 Å². The Morgan fingerprint density at radius 2 is 1.23 bits per heavy atom. The first-order valence-corrected chi connectivity index (χ1v) is 12.2. The molecule has 1 unspecified atom stereocenters. The van der Waals surface area contributed by atoms with Crippen molar-refractivity contribution in [1.29, 1.82) is 0 Å². The standard InChI is InChI=1S/C24H44O6/c1-4-27-24(28-5-2,29-6-3)20-16-14-12-10-8-7-9-11-13-15-17-21-18-19-22(25)30-23(21)26/h21H,4-20H2,1-3H3. The van der Waals surface area contributed by atoms with Gasteiger partial charge in [-0.05, 0) is 40.0 Å². The van der Waals surface area contributed by atoms with E-state index in [4.69, 9.17) is 18.9 Å². The zero-order chi connectivity index (χ0) is 22.1. The molecule has 0 aromatic carbocycles. The van der Waals surface area contributed by atoms with E-state index in [-0.39, 0.29) is 17.9 Å². The highest BCUT2D eigenvalue weighted by atomic mass is 16.9. The Kier molecular flexibility index (Phi) is 15.0. The fraction of sp³-hybridized carbons (Fsp3) is 0.917. The lowest BCUT2D eigenvalue weighted by molar-refractivity contribution is -0.380. The van der Waals surface area contributed by atoms with E-state index in [1.165, 1.54) is 44.9 Å². The second-order valence-electron chi connectivity index (χ2n) is 8.08. The molecule has 1 rings (SSSR count). The van der Waals surface area contributed by atoms with Crippen LogP contribution in [-0.4, -0.2) is 37.7 Å². The quantitative estimate of drug-likeness (QED) is 0.110. The molecule has 0 N–H and O–H groups in total. The summed E-state index contributed by atoms with van der Waals surface area (Å²) in [5.41, 5.74) is 0. The zero-order valence-corrected chi connectivity index (χ0v) is 19.5. The molecule has 1 saturated heterocycles. The predicted octanol–water partition coefficient (Wildman–Crippen LogP) is 5.91. The fourth-order valence-electron chi connectivity index (χ4n) is 4.07. The molecule has 0 aliphatic carbocycles. The van der Waals surface area contributed by atoms with Crippen LogP contribution >= 0.6 is 0 Å². The Hall–Kier alpha value is -0.980. The molecule has 0 aromatic rings. The van der Waals surface area contributed by atoms with Crippen LogP contribution in [0.1, 0.15) is 111 Å². The van der Waals surface area contributed by atoms with Gasteiger partial charge in [-0.2, -0.15) is 0 Å². The molecule has 0 saturated carbocycles. The number of unbranched alkanes of at least 4 members (excludes halogenated alkanes) is 9. The number of ether oxygens (including phenoxy) is 4. The van der Waals surface area contributed by atoms with E-state index in [0.29, 0.717) is 32.7 Å². The third-order valence-electron chi connectivity index (χ3n) is 5.62. The lowest BCUT2D eigenvalue weighted by Crippen LogP contribution is -2.39. The number of hydrogen-bond donors (Lipinski definition) is 0. The highest BCUT2D eigenvalue weighted by Crippen LogP contribution is 2.25. The Labute approximate surface area is 183 Å². The van der Waals surface area contributed by atoms with Gasteiger partial charge in [0, 0.05) is 32.7 Å². The maximum absolute atomic E-state index is 11.6. The summed E-state index contributed by atoms with van der Waals surface area (Å²) in [7, 11) is 0. The third kappa shape index (κ3) is 11.4. The van der Waals surface area contributed by atoms with E-state index >= 15 is 0 Å². The molecule has 0 radical (unpaired) electrons. The molecule has 1 atom stereocenters. The molecule has 6 heteroatoms. The summed E-state index contributed by atoms with van der Waals surface area (Å²) in [5, 5.41) is 0. The Morgan fingerprint density at radius 3 is 1.70 bits per heavy atom. The van der Waals surface area contributed by atoms with E-state index in [1.807, 2.05) is 20.8 Å². The van der Waals surface area contributed by atoms with E-state index < -0.39 is 5.97 Å². The molecular weight excluding hydrogens is 384 g/mol. The van der Waals surface area contributed by atoms with E-state index in [9.17, 15) is 9.59 Å². The largest absolute Gasteiger partial charge is 0.393 e. The number of cyclic esters (lactones) is 2. The van der Waals surface area contributed by atoms with Crippen LogP contribution in [0, 0.1) is 5.92 Å². The van der Waals surface area contributed by atoms with Gasteiger partial charge < -0.3 is 18.9 Å². The first kappa shape index (κ1) is 27.1. The van der Waals surface area contributed by atoms with Crippen molar-refractivity contribution in [3.8, 4) is 0 Å². The zero-order valence-electron chi connectivity index (χ0n) is 19.5. The van der Waals surface area contributed by atoms with E-state index in [2.05, 4.69) is 0 Å². The van der Waals surface area contributed by atoms with Gasteiger partial charge >= 0.3 is 11.9 Å². The normalized spacial score (nSPS) is 17.4. The summed E-state index contributed by atoms with van der Waals surface area (Å²) in [6.07, 6.45) is 14.7. The molecular formula is C24H44O6. The number of esters is 2. The molecule has 0 bridgehead atoms. The van der Waals surface area contributed by atoms with Crippen molar-refractivity contribution < 1.29 is 28.5 Å². The average Bonchev–Trinajstić information content (AvgIpc) is 2.71. The summed E-state index contributed by atoms with van der Waals surface area (Å²) < 4.78 is 22.0. The summed E-state index contributed by atoms with van der Waals surface area (Å²) in [6, 6.07) is 0. The van der Waals surface area contributed by atoms with Gasteiger partial charge in [0.15, 0.2) is 0 Å². The highest BCUT2D eigenvalue weighted by molar-refractivity contribution is 5.89. The number of hydrogen-bond acceptors (Lipinski definition) is 6. The van der Waals surface area contributed by atoms with Crippen molar-refractivity contribution >= 4 is 11.9 Å². The molecule has 1 aliphatic rings. The SMILES string of the molecule is CCOC(CCCCCCCCCCCCC1CCC(=O)OC1=O)(OCC)OCC. The Morgan fingerprint density at radius 1 is 0.767 bits per heavy atom. The molecule has 30 heavy (non-hydrogen) atoms. The van der Waals surface area contributed by atoms with Crippen molar-refractivity contribution in [2.45, 2.75) is 117 Å². The van der Waals surface area contributed by atoms with Crippen molar-refractivity contribution in [2.75, 3.05) is 19.8 Å². The van der Waals surface area contributed by atoms with Gasteiger partial charge in [0.2, 0.25) is 0 Å². The van der Waals surface area contributed by atoms with Crippen LogP contribution in [0.4, 0.5) is 0 Å². The van der Waals surface area contributed by atoms with Crippen LogP contribution in [0.25, 0.3) is 0 Å². The van der Waals surface area contributed by atoms with Crippen LogP contribution < -0.4 is 0 Å². The summed E-state index contributed by atoms with van der Waals surface area (Å²) >= 11 is 0. The predicted molar refractivity (Wildman–Crippen MR) is 117 cm³/mol. The molecule has 0 amide bonds. The molecule has 1 aliphatic heterocycles. The number of carbonyl (C=O) groups excluding carboxylic acids is 2. The van der Waals surface area contributed by atoms with Crippen LogP contribution in [0.15, 0.2) is 0 Å². The third-order valence-corrected chi connectivity index (χ3v) is 5.62. The molecule has 176 valence electrons. The second kappa shape index (κ2) is 16.7. The fourth-order valence-corrected chi connectivity index (χ4v) is 4.07.